The fraction of sp³-hybridized carbons (Fsp3) is 0.650. The van der Waals surface area contributed by atoms with Gasteiger partial charge in [0, 0.05) is 26.2 Å². The number of carbonyl (C=O) groups is 1. The number of Topliss-reactive ketones (excluding diaryl/α,β-unsaturated/α-hetero) is 1. The zero-order valence-electron chi connectivity index (χ0n) is 14.7. The van der Waals surface area contributed by atoms with E-state index in [4.69, 9.17) is 0 Å². The van der Waals surface area contributed by atoms with Crippen molar-refractivity contribution in [1.29, 1.82) is 0 Å². The Bertz CT molecular complexity index is 576. The second kappa shape index (κ2) is 4.90. The van der Waals surface area contributed by atoms with Crippen LogP contribution in [-0.2, 0) is 4.79 Å². The third-order valence-corrected chi connectivity index (χ3v) is 6.85. The van der Waals surface area contributed by atoms with Crippen molar-refractivity contribution in [1.82, 2.24) is 9.80 Å². The summed E-state index contributed by atoms with van der Waals surface area (Å²) in [6.07, 6.45) is 0.350. The Kier molecular flexibility index (Phi) is 3.27. The first-order valence-corrected chi connectivity index (χ1v) is 8.99. The summed E-state index contributed by atoms with van der Waals surface area (Å²) in [4.78, 5) is 18.7. The molecule has 23 heavy (non-hydrogen) atoms. The van der Waals surface area contributed by atoms with Gasteiger partial charge in [-0.2, -0.15) is 0 Å². The second-order valence-corrected chi connectivity index (χ2v) is 8.55. The number of benzene rings is 1. The van der Waals surface area contributed by atoms with Crippen LogP contribution >= 0.6 is 0 Å². The fourth-order valence-corrected chi connectivity index (χ4v) is 5.32. The molecule has 0 aliphatic carbocycles. The fourth-order valence-electron chi connectivity index (χ4n) is 5.32. The van der Waals surface area contributed by atoms with Crippen LogP contribution in [0.5, 0.6) is 0 Å². The molecule has 5 rings (SSSR count). The number of piperidine rings is 2. The number of nitrogens with zero attached hydrogens (tertiary/aromatic N) is 2. The molecule has 1 aromatic rings. The maximum atomic E-state index is 13.5. The Morgan fingerprint density at radius 2 is 1.30 bits per heavy atom. The summed E-state index contributed by atoms with van der Waals surface area (Å²) in [7, 11) is 0. The minimum atomic E-state index is -0.175. The Balaban J connectivity index is 1.80. The molecule has 4 aliphatic heterocycles. The first kappa shape index (κ1) is 15.3. The van der Waals surface area contributed by atoms with E-state index < -0.39 is 0 Å². The third-order valence-electron chi connectivity index (χ3n) is 6.85. The molecule has 0 saturated carbocycles. The summed E-state index contributed by atoms with van der Waals surface area (Å²) < 4.78 is 0. The van der Waals surface area contributed by atoms with Crippen LogP contribution in [0.25, 0.3) is 0 Å². The van der Waals surface area contributed by atoms with Crippen LogP contribution in [0.3, 0.4) is 0 Å². The highest BCUT2D eigenvalue weighted by molar-refractivity contribution is 5.94. The Hall–Kier alpha value is -1.19. The number of hydrogen-bond acceptors (Lipinski definition) is 3. The van der Waals surface area contributed by atoms with Gasteiger partial charge in [0.2, 0.25) is 0 Å². The molecule has 0 radical (unpaired) electrons. The quantitative estimate of drug-likeness (QED) is 0.856. The maximum Gasteiger partial charge on any atom is 0.150 e. The topological polar surface area (TPSA) is 23.6 Å². The molecular weight excluding hydrogens is 284 g/mol. The third kappa shape index (κ3) is 1.87. The minimum Gasteiger partial charge on any atom is -0.298 e. The van der Waals surface area contributed by atoms with Crippen LogP contribution in [0.2, 0.25) is 0 Å². The van der Waals surface area contributed by atoms with Crippen LogP contribution in [0.4, 0.5) is 0 Å². The molecule has 4 saturated heterocycles. The van der Waals surface area contributed by atoms with E-state index in [-0.39, 0.29) is 10.8 Å². The van der Waals surface area contributed by atoms with Crippen molar-refractivity contribution in [3.63, 3.8) is 0 Å². The van der Waals surface area contributed by atoms with E-state index in [1.54, 1.807) is 0 Å². The molecule has 0 atom stereocenters. The van der Waals surface area contributed by atoms with Gasteiger partial charge in [-0.3, -0.25) is 14.6 Å². The monoisotopic (exact) mass is 312 g/mol. The molecule has 3 nitrogen and oxygen atoms in total. The van der Waals surface area contributed by atoms with E-state index >= 15 is 0 Å². The van der Waals surface area contributed by atoms with Crippen LogP contribution in [0, 0.1) is 22.7 Å². The van der Waals surface area contributed by atoms with Crippen molar-refractivity contribution in [3.05, 3.63) is 35.9 Å². The molecule has 4 bridgehead atoms. The van der Waals surface area contributed by atoms with Crippen molar-refractivity contribution in [2.45, 2.75) is 33.9 Å². The lowest BCUT2D eigenvalue weighted by Crippen LogP contribution is -2.78. The average molecular weight is 312 g/mol. The van der Waals surface area contributed by atoms with Gasteiger partial charge >= 0.3 is 0 Å². The zero-order valence-corrected chi connectivity index (χ0v) is 14.7. The molecule has 0 aromatic heterocycles. The molecule has 0 spiro atoms. The second-order valence-electron chi connectivity index (χ2n) is 8.55. The SMILES string of the molecule is CC(C)C12CN3CC(C(C)C)(CN(C1)C3c1ccccc1)C2=O. The van der Waals surface area contributed by atoms with Crippen molar-refractivity contribution in [2.75, 3.05) is 26.2 Å². The van der Waals surface area contributed by atoms with Crippen molar-refractivity contribution in [3.8, 4) is 0 Å². The summed E-state index contributed by atoms with van der Waals surface area (Å²) in [6.45, 7) is 12.6. The van der Waals surface area contributed by atoms with Gasteiger partial charge in [0.25, 0.3) is 0 Å². The zero-order chi connectivity index (χ0) is 16.4. The highest BCUT2D eigenvalue weighted by Gasteiger charge is 2.67. The van der Waals surface area contributed by atoms with Gasteiger partial charge in [0.05, 0.1) is 17.0 Å². The lowest BCUT2D eigenvalue weighted by molar-refractivity contribution is -0.217. The van der Waals surface area contributed by atoms with E-state index in [1.165, 1.54) is 5.56 Å². The standard InChI is InChI=1S/C20H28N2O/c1-14(2)19-10-21-12-20(15(3)4,18(19)23)13-22(11-19)17(21)16-8-6-5-7-9-16/h5-9,14-15,17H,10-13H2,1-4H3. The molecule has 124 valence electrons. The summed E-state index contributed by atoms with van der Waals surface area (Å²) in [5.74, 6) is 1.35. The van der Waals surface area contributed by atoms with E-state index in [2.05, 4.69) is 67.8 Å². The Morgan fingerprint density at radius 1 is 0.870 bits per heavy atom. The summed E-state index contributed by atoms with van der Waals surface area (Å²) >= 11 is 0. The average Bonchev–Trinajstić information content (AvgIpc) is 2.51. The van der Waals surface area contributed by atoms with Crippen molar-refractivity contribution < 1.29 is 4.79 Å². The van der Waals surface area contributed by atoms with Crippen LogP contribution in [0.15, 0.2) is 30.3 Å². The lowest BCUT2D eigenvalue weighted by atomic mass is 9.53. The number of hydrogen-bond donors (Lipinski definition) is 0. The predicted molar refractivity (Wildman–Crippen MR) is 91.9 cm³/mol. The van der Waals surface area contributed by atoms with Crippen molar-refractivity contribution >= 4 is 5.78 Å². The summed E-state index contributed by atoms with van der Waals surface area (Å²) in [6, 6.07) is 10.8. The number of ketones is 1. The van der Waals surface area contributed by atoms with E-state index in [1.807, 2.05) is 0 Å². The molecule has 3 heteroatoms. The van der Waals surface area contributed by atoms with Gasteiger partial charge in [-0.15, -0.1) is 0 Å². The van der Waals surface area contributed by atoms with Crippen LogP contribution in [-0.4, -0.2) is 41.8 Å². The minimum absolute atomic E-state index is 0.175. The van der Waals surface area contributed by atoms with E-state index in [0.717, 1.165) is 26.2 Å². The summed E-state index contributed by atoms with van der Waals surface area (Å²) in [5, 5.41) is 0. The molecule has 4 fully saturated rings. The predicted octanol–water partition coefficient (Wildman–Crippen LogP) is 3.18. The highest BCUT2D eigenvalue weighted by Crippen LogP contribution is 2.57. The molecule has 0 unspecified atom stereocenters. The van der Waals surface area contributed by atoms with Crippen LogP contribution < -0.4 is 0 Å². The van der Waals surface area contributed by atoms with Gasteiger partial charge in [-0.25, -0.2) is 0 Å². The van der Waals surface area contributed by atoms with Gasteiger partial charge in [0.1, 0.15) is 0 Å². The molecule has 1 aromatic carbocycles. The van der Waals surface area contributed by atoms with Gasteiger partial charge in [-0.1, -0.05) is 58.0 Å². The normalized spacial score (nSPS) is 42.0. The molecule has 0 N–H and O–H groups in total. The maximum absolute atomic E-state index is 13.5. The Labute approximate surface area is 139 Å². The Morgan fingerprint density at radius 3 is 1.70 bits per heavy atom. The molecule has 0 amide bonds. The molecular formula is C20H28N2O. The lowest BCUT2D eigenvalue weighted by Gasteiger charge is -2.68. The highest BCUT2D eigenvalue weighted by atomic mass is 16.1. The summed E-state index contributed by atoms with van der Waals surface area (Å²) in [5.41, 5.74) is 1.02. The van der Waals surface area contributed by atoms with Gasteiger partial charge < -0.3 is 0 Å². The first-order chi connectivity index (χ1) is 10.9. The van der Waals surface area contributed by atoms with Gasteiger partial charge in [-0.05, 0) is 17.4 Å². The van der Waals surface area contributed by atoms with E-state index in [9.17, 15) is 4.79 Å². The smallest absolute Gasteiger partial charge is 0.150 e. The number of rotatable bonds is 3. The molecule has 4 heterocycles. The van der Waals surface area contributed by atoms with Crippen molar-refractivity contribution in [2.24, 2.45) is 22.7 Å². The number of carbonyl (C=O) groups excluding carboxylic acids is 1. The largest absolute Gasteiger partial charge is 0.298 e. The van der Waals surface area contributed by atoms with Crippen LogP contribution in [0.1, 0.15) is 39.4 Å². The molecule has 4 aliphatic rings. The first-order valence-electron chi connectivity index (χ1n) is 8.99. The van der Waals surface area contributed by atoms with Gasteiger partial charge in [0.15, 0.2) is 5.78 Å². The van der Waals surface area contributed by atoms with E-state index in [0.29, 0.717) is 23.8 Å².